The minimum atomic E-state index is -0.407. The summed E-state index contributed by atoms with van der Waals surface area (Å²) in [4.78, 5) is 13.8. The summed E-state index contributed by atoms with van der Waals surface area (Å²) in [5, 5.41) is 2.92. The van der Waals surface area contributed by atoms with Crippen LogP contribution >= 0.6 is 0 Å². The summed E-state index contributed by atoms with van der Waals surface area (Å²) in [5.74, 6) is 0.630. The molecule has 0 radical (unpaired) electrons. The van der Waals surface area contributed by atoms with Gasteiger partial charge in [-0.15, -0.1) is 0 Å². The zero-order chi connectivity index (χ0) is 12.9. The van der Waals surface area contributed by atoms with Crippen LogP contribution in [0.3, 0.4) is 0 Å². The van der Waals surface area contributed by atoms with Gasteiger partial charge >= 0.3 is 0 Å². The molecule has 0 rings (SSSR count). The molecule has 0 saturated carbocycles. The number of carbonyl (C=O) groups excluding carboxylic acids is 1. The maximum absolute atomic E-state index is 11.7. The lowest BCUT2D eigenvalue weighted by atomic mass is 10.0. The summed E-state index contributed by atoms with van der Waals surface area (Å²) in [6.45, 7) is 8.87. The van der Waals surface area contributed by atoms with Crippen molar-refractivity contribution in [1.29, 1.82) is 0 Å². The van der Waals surface area contributed by atoms with Crippen LogP contribution in [-0.2, 0) is 4.79 Å². The summed E-state index contributed by atoms with van der Waals surface area (Å²) in [7, 11) is 4.05. The van der Waals surface area contributed by atoms with Crippen LogP contribution in [0.5, 0.6) is 0 Å². The van der Waals surface area contributed by atoms with Crippen LogP contribution < -0.4 is 11.1 Å². The van der Waals surface area contributed by atoms with E-state index in [9.17, 15) is 4.79 Å². The van der Waals surface area contributed by atoms with E-state index in [1.807, 2.05) is 27.9 Å². The number of nitrogens with two attached hydrogens (primary N) is 1. The third-order valence-electron chi connectivity index (χ3n) is 2.94. The van der Waals surface area contributed by atoms with Gasteiger partial charge in [0.2, 0.25) is 5.91 Å². The van der Waals surface area contributed by atoms with E-state index >= 15 is 0 Å². The normalized spacial score (nSPS) is 15.6. The molecule has 0 aromatic rings. The van der Waals surface area contributed by atoms with Gasteiger partial charge in [-0.05, 0) is 25.9 Å². The van der Waals surface area contributed by atoms with Crippen molar-refractivity contribution < 1.29 is 4.79 Å². The Morgan fingerprint density at radius 2 is 1.69 bits per heavy atom. The van der Waals surface area contributed by atoms with E-state index in [0.29, 0.717) is 18.5 Å². The van der Waals surface area contributed by atoms with Crippen molar-refractivity contribution in [2.45, 2.75) is 39.8 Å². The fourth-order valence-corrected chi connectivity index (χ4v) is 1.64. The van der Waals surface area contributed by atoms with Gasteiger partial charge in [-0.2, -0.15) is 0 Å². The van der Waals surface area contributed by atoms with Gasteiger partial charge in [0.25, 0.3) is 0 Å². The smallest absolute Gasteiger partial charge is 0.237 e. The Labute approximate surface area is 99.6 Å². The van der Waals surface area contributed by atoms with E-state index in [1.165, 1.54) is 0 Å². The molecule has 3 N–H and O–H groups in total. The first-order valence-corrected chi connectivity index (χ1v) is 5.97. The first kappa shape index (κ1) is 15.4. The molecule has 0 aliphatic heterocycles. The lowest BCUT2D eigenvalue weighted by Gasteiger charge is -2.28. The summed E-state index contributed by atoms with van der Waals surface area (Å²) in [6.07, 6.45) is 0. The van der Waals surface area contributed by atoms with Crippen molar-refractivity contribution >= 4 is 5.91 Å². The first-order chi connectivity index (χ1) is 7.27. The highest BCUT2D eigenvalue weighted by Gasteiger charge is 2.20. The van der Waals surface area contributed by atoms with Gasteiger partial charge in [-0.1, -0.05) is 27.7 Å². The predicted octanol–water partition coefficient (Wildman–Crippen LogP) is 0.672. The van der Waals surface area contributed by atoms with Gasteiger partial charge in [0.15, 0.2) is 0 Å². The summed E-state index contributed by atoms with van der Waals surface area (Å²) in [5.41, 5.74) is 5.77. The zero-order valence-electron chi connectivity index (χ0n) is 11.4. The molecule has 1 unspecified atom stereocenters. The molecule has 96 valence electrons. The Morgan fingerprint density at radius 3 is 2.00 bits per heavy atom. The third kappa shape index (κ3) is 4.94. The minimum Gasteiger partial charge on any atom is -0.353 e. The molecule has 2 atom stereocenters. The van der Waals surface area contributed by atoms with Crippen LogP contribution in [0.4, 0.5) is 0 Å². The number of likely N-dealkylation sites (N-methyl/N-ethyl adjacent to an activating group) is 1. The average molecular weight is 229 g/mol. The van der Waals surface area contributed by atoms with Crippen LogP contribution in [0.1, 0.15) is 27.7 Å². The van der Waals surface area contributed by atoms with E-state index in [-0.39, 0.29) is 11.8 Å². The Bertz CT molecular complexity index is 206. The summed E-state index contributed by atoms with van der Waals surface area (Å²) >= 11 is 0. The molecule has 1 amide bonds. The molecular formula is C12H27N3O. The van der Waals surface area contributed by atoms with Crippen molar-refractivity contribution in [3.63, 3.8) is 0 Å². The highest BCUT2D eigenvalue weighted by molar-refractivity contribution is 5.81. The van der Waals surface area contributed by atoms with Gasteiger partial charge in [0.05, 0.1) is 6.04 Å². The highest BCUT2D eigenvalue weighted by atomic mass is 16.2. The number of hydrogen-bond donors (Lipinski definition) is 2. The fourth-order valence-electron chi connectivity index (χ4n) is 1.64. The highest BCUT2D eigenvalue weighted by Crippen LogP contribution is 2.06. The second kappa shape index (κ2) is 6.86. The Morgan fingerprint density at radius 1 is 1.19 bits per heavy atom. The molecule has 0 saturated heterocycles. The van der Waals surface area contributed by atoms with Crippen molar-refractivity contribution in [3.8, 4) is 0 Å². The van der Waals surface area contributed by atoms with Crippen molar-refractivity contribution in [2.24, 2.45) is 17.6 Å². The van der Waals surface area contributed by atoms with E-state index < -0.39 is 6.04 Å². The van der Waals surface area contributed by atoms with Gasteiger partial charge < -0.3 is 16.0 Å². The zero-order valence-corrected chi connectivity index (χ0v) is 11.4. The SMILES string of the molecule is CC(C)C(CNC(=O)[C@H](N)C(C)C)N(C)C. The van der Waals surface area contributed by atoms with E-state index in [1.54, 1.807) is 0 Å². The van der Waals surface area contributed by atoms with Crippen molar-refractivity contribution in [1.82, 2.24) is 10.2 Å². The number of amides is 1. The van der Waals surface area contributed by atoms with Crippen molar-refractivity contribution in [2.75, 3.05) is 20.6 Å². The number of rotatable bonds is 6. The second-order valence-corrected chi connectivity index (χ2v) is 5.29. The van der Waals surface area contributed by atoms with Crippen LogP contribution in [0.15, 0.2) is 0 Å². The molecule has 4 nitrogen and oxygen atoms in total. The summed E-state index contributed by atoms with van der Waals surface area (Å²) in [6, 6.07) is -0.0571. The third-order valence-corrected chi connectivity index (χ3v) is 2.94. The molecule has 0 heterocycles. The van der Waals surface area contributed by atoms with Gasteiger partial charge in [0, 0.05) is 12.6 Å². The van der Waals surface area contributed by atoms with Crippen LogP contribution in [0, 0.1) is 11.8 Å². The average Bonchev–Trinajstić information content (AvgIpc) is 2.15. The Hall–Kier alpha value is -0.610. The van der Waals surface area contributed by atoms with E-state index in [4.69, 9.17) is 5.73 Å². The maximum atomic E-state index is 11.7. The molecule has 0 fully saturated rings. The summed E-state index contributed by atoms with van der Waals surface area (Å²) < 4.78 is 0. The van der Waals surface area contributed by atoms with Crippen LogP contribution in [0.2, 0.25) is 0 Å². The molecule has 0 bridgehead atoms. The predicted molar refractivity (Wildman–Crippen MR) is 68.1 cm³/mol. The molecule has 4 heteroatoms. The topological polar surface area (TPSA) is 58.4 Å². The molecular weight excluding hydrogens is 202 g/mol. The van der Waals surface area contributed by atoms with Crippen LogP contribution in [-0.4, -0.2) is 43.5 Å². The monoisotopic (exact) mass is 229 g/mol. The number of nitrogens with zero attached hydrogens (tertiary/aromatic N) is 1. The first-order valence-electron chi connectivity index (χ1n) is 5.97. The van der Waals surface area contributed by atoms with E-state index in [2.05, 4.69) is 24.1 Å². The van der Waals surface area contributed by atoms with Gasteiger partial charge in [-0.3, -0.25) is 4.79 Å². The van der Waals surface area contributed by atoms with Gasteiger partial charge in [-0.25, -0.2) is 0 Å². The molecule has 0 aromatic carbocycles. The number of hydrogen-bond acceptors (Lipinski definition) is 3. The Kier molecular flexibility index (Phi) is 6.60. The molecule has 0 spiro atoms. The number of carbonyl (C=O) groups is 1. The molecule has 0 aliphatic rings. The standard InChI is InChI=1S/C12H27N3O/c1-8(2)10(15(5)6)7-14-12(16)11(13)9(3)4/h8-11H,7,13H2,1-6H3,(H,14,16)/t10?,11-/m1/s1. The van der Waals surface area contributed by atoms with Crippen LogP contribution in [0.25, 0.3) is 0 Å². The lowest BCUT2D eigenvalue weighted by Crippen LogP contribution is -2.49. The maximum Gasteiger partial charge on any atom is 0.237 e. The molecule has 16 heavy (non-hydrogen) atoms. The quantitative estimate of drug-likeness (QED) is 0.704. The van der Waals surface area contributed by atoms with Gasteiger partial charge in [0.1, 0.15) is 0 Å². The lowest BCUT2D eigenvalue weighted by molar-refractivity contribution is -0.123. The van der Waals surface area contributed by atoms with Crippen molar-refractivity contribution in [3.05, 3.63) is 0 Å². The Balaban J connectivity index is 4.16. The molecule has 0 aliphatic carbocycles. The second-order valence-electron chi connectivity index (χ2n) is 5.29. The molecule has 0 aromatic heterocycles. The number of nitrogens with one attached hydrogen (secondary N) is 1. The minimum absolute atomic E-state index is 0.0532. The largest absolute Gasteiger partial charge is 0.353 e. The van der Waals surface area contributed by atoms with E-state index in [0.717, 1.165) is 0 Å². The fraction of sp³-hybridized carbons (Fsp3) is 0.917.